The fourth-order valence-electron chi connectivity index (χ4n) is 3.63. The number of para-hydroxylation sites is 1. The maximum absolute atomic E-state index is 13.1. The van der Waals surface area contributed by atoms with Crippen molar-refractivity contribution in [1.82, 2.24) is 14.1 Å². The number of hydrogen-bond donors (Lipinski definition) is 0. The van der Waals surface area contributed by atoms with E-state index in [0.29, 0.717) is 34.8 Å². The first kappa shape index (κ1) is 22.1. The summed E-state index contributed by atoms with van der Waals surface area (Å²) in [7, 11) is 1.60. The number of allylic oxidation sites excluding steroid dienone is 1. The van der Waals surface area contributed by atoms with Crippen LogP contribution in [0.15, 0.2) is 52.9 Å². The molecule has 1 atom stereocenters. The van der Waals surface area contributed by atoms with E-state index in [1.165, 1.54) is 11.8 Å². The molecule has 7 heteroatoms. The van der Waals surface area contributed by atoms with E-state index in [9.17, 15) is 9.59 Å². The number of thioether (sulfide) groups is 1. The lowest BCUT2D eigenvalue weighted by molar-refractivity contribution is 0.102. The van der Waals surface area contributed by atoms with Crippen molar-refractivity contribution in [2.45, 2.75) is 38.5 Å². The molecule has 0 radical (unpaired) electrons. The third-order valence-corrected chi connectivity index (χ3v) is 6.09. The first-order valence-electron chi connectivity index (χ1n) is 9.82. The second-order valence-corrected chi connectivity index (χ2v) is 8.23. The van der Waals surface area contributed by atoms with Crippen LogP contribution in [-0.2, 0) is 11.3 Å². The molecule has 0 unspecified atom stereocenters. The van der Waals surface area contributed by atoms with Crippen molar-refractivity contribution < 1.29 is 9.53 Å². The maximum Gasteiger partial charge on any atom is 0.262 e. The zero-order valence-corrected chi connectivity index (χ0v) is 18.7. The first-order valence-corrected chi connectivity index (χ1v) is 10.8. The molecule has 2 aromatic heterocycles. The van der Waals surface area contributed by atoms with Gasteiger partial charge in [-0.15, -0.1) is 6.58 Å². The minimum atomic E-state index is -0.199. The zero-order valence-electron chi connectivity index (χ0n) is 17.8. The standard InChI is InChI=1S/C23H27N3O3S/c1-6-11-25-15(2)12-19(17(25)4)21(27)14-30-23-24-20-10-8-7-9-18(20)22(28)26(23)16(3)13-29-5/h6-10,12,16H,1,11,13-14H2,2-5H3/t16-/m1/s1. The van der Waals surface area contributed by atoms with Crippen molar-refractivity contribution in [3.05, 3.63) is 70.3 Å². The van der Waals surface area contributed by atoms with Crippen LogP contribution < -0.4 is 5.56 Å². The van der Waals surface area contributed by atoms with Crippen molar-refractivity contribution in [2.75, 3.05) is 19.5 Å². The number of rotatable bonds is 9. The predicted octanol–water partition coefficient (Wildman–Crippen LogP) is 4.18. The first-order chi connectivity index (χ1) is 14.4. The smallest absolute Gasteiger partial charge is 0.262 e. The average Bonchev–Trinajstić information content (AvgIpc) is 3.01. The normalized spacial score (nSPS) is 12.3. The highest BCUT2D eigenvalue weighted by Gasteiger charge is 2.20. The molecule has 0 spiro atoms. The Hall–Kier alpha value is -2.64. The lowest BCUT2D eigenvalue weighted by Crippen LogP contribution is -2.28. The van der Waals surface area contributed by atoms with Gasteiger partial charge in [0.25, 0.3) is 5.56 Å². The third kappa shape index (κ3) is 4.27. The van der Waals surface area contributed by atoms with E-state index in [0.717, 1.165) is 11.4 Å². The van der Waals surface area contributed by atoms with E-state index >= 15 is 0 Å². The van der Waals surface area contributed by atoms with E-state index in [4.69, 9.17) is 4.74 Å². The number of hydrogen-bond acceptors (Lipinski definition) is 5. The number of nitrogens with zero attached hydrogens (tertiary/aromatic N) is 3. The van der Waals surface area contributed by atoms with Gasteiger partial charge in [0, 0.05) is 30.6 Å². The lowest BCUT2D eigenvalue weighted by Gasteiger charge is -2.18. The Morgan fingerprint density at radius 2 is 2.07 bits per heavy atom. The summed E-state index contributed by atoms with van der Waals surface area (Å²) in [6.07, 6.45) is 1.82. The van der Waals surface area contributed by atoms with Crippen LogP contribution in [0.2, 0.25) is 0 Å². The van der Waals surface area contributed by atoms with Crippen LogP contribution in [0.1, 0.15) is 34.7 Å². The minimum Gasteiger partial charge on any atom is -0.383 e. The van der Waals surface area contributed by atoms with Crippen LogP contribution in [0.4, 0.5) is 0 Å². The highest BCUT2D eigenvalue weighted by Crippen LogP contribution is 2.24. The Bertz CT molecular complexity index is 1150. The Labute approximate surface area is 180 Å². The summed E-state index contributed by atoms with van der Waals surface area (Å²) in [6.45, 7) is 10.7. The van der Waals surface area contributed by atoms with Crippen molar-refractivity contribution in [2.24, 2.45) is 0 Å². The van der Waals surface area contributed by atoms with Gasteiger partial charge >= 0.3 is 0 Å². The molecule has 0 aliphatic carbocycles. The van der Waals surface area contributed by atoms with Gasteiger partial charge in [-0.25, -0.2) is 4.98 Å². The van der Waals surface area contributed by atoms with Crippen molar-refractivity contribution >= 4 is 28.4 Å². The van der Waals surface area contributed by atoms with Gasteiger partial charge in [0.2, 0.25) is 0 Å². The van der Waals surface area contributed by atoms with Crippen molar-refractivity contribution in [1.29, 1.82) is 0 Å². The second-order valence-electron chi connectivity index (χ2n) is 7.29. The van der Waals surface area contributed by atoms with Crippen LogP contribution in [-0.4, -0.2) is 39.4 Å². The van der Waals surface area contributed by atoms with E-state index in [1.54, 1.807) is 17.7 Å². The lowest BCUT2D eigenvalue weighted by atomic mass is 10.2. The topological polar surface area (TPSA) is 66.1 Å². The molecular formula is C23H27N3O3S. The van der Waals surface area contributed by atoms with Crippen LogP contribution in [0.3, 0.4) is 0 Å². The monoisotopic (exact) mass is 425 g/mol. The number of carbonyl (C=O) groups is 1. The molecule has 2 heterocycles. The molecule has 3 rings (SSSR count). The molecule has 6 nitrogen and oxygen atoms in total. The van der Waals surface area contributed by atoms with Gasteiger partial charge in [0.1, 0.15) is 0 Å². The van der Waals surface area contributed by atoms with Crippen LogP contribution in [0, 0.1) is 13.8 Å². The molecule has 0 bridgehead atoms. The molecule has 0 aliphatic heterocycles. The summed E-state index contributed by atoms with van der Waals surface area (Å²) in [4.78, 5) is 30.8. The number of ether oxygens (including phenoxy) is 1. The number of aryl methyl sites for hydroxylation is 1. The Morgan fingerprint density at radius 3 is 2.77 bits per heavy atom. The summed E-state index contributed by atoms with van der Waals surface area (Å²) < 4.78 is 8.95. The maximum atomic E-state index is 13.1. The molecule has 158 valence electrons. The summed E-state index contributed by atoms with van der Waals surface area (Å²) in [5.74, 6) is 0.208. The number of Topliss-reactive ketones (excluding diaryl/α,β-unsaturated/α-hetero) is 1. The molecule has 3 aromatic rings. The van der Waals surface area contributed by atoms with Gasteiger partial charge in [0.05, 0.1) is 29.3 Å². The number of benzene rings is 1. The summed E-state index contributed by atoms with van der Waals surface area (Å²) >= 11 is 1.29. The van der Waals surface area contributed by atoms with Gasteiger partial charge in [0.15, 0.2) is 10.9 Å². The molecule has 0 saturated heterocycles. The number of aromatic nitrogens is 3. The largest absolute Gasteiger partial charge is 0.383 e. The number of carbonyl (C=O) groups excluding carboxylic acids is 1. The van der Waals surface area contributed by atoms with E-state index < -0.39 is 0 Å². The fourth-order valence-corrected chi connectivity index (χ4v) is 4.61. The number of ketones is 1. The molecule has 30 heavy (non-hydrogen) atoms. The van der Waals surface area contributed by atoms with Gasteiger partial charge in [-0.05, 0) is 39.0 Å². The third-order valence-electron chi connectivity index (χ3n) is 5.14. The molecule has 0 N–H and O–H groups in total. The van der Waals surface area contributed by atoms with Crippen molar-refractivity contribution in [3.63, 3.8) is 0 Å². The van der Waals surface area contributed by atoms with E-state index in [2.05, 4.69) is 16.1 Å². The molecule has 0 aliphatic rings. The van der Waals surface area contributed by atoms with Crippen LogP contribution >= 0.6 is 11.8 Å². The van der Waals surface area contributed by atoms with Crippen molar-refractivity contribution in [3.8, 4) is 0 Å². The predicted molar refractivity (Wildman–Crippen MR) is 122 cm³/mol. The van der Waals surface area contributed by atoms with Crippen LogP contribution in [0.25, 0.3) is 10.9 Å². The summed E-state index contributed by atoms with van der Waals surface area (Å²) in [5.41, 5.74) is 3.15. The second kappa shape index (κ2) is 9.45. The molecule has 0 fully saturated rings. The Kier molecular flexibility index (Phi) is 6.95. The fraction of sp³-hybridized carbons (Fsp3) is 0.348. The molecule has 0 saturated carbocycles. The minimum absolute atomic E-state index is 0.0109. The Balaban J connectivity index is 1.94. The van der Waals surface area contributed by atoms with E-state index in [1.807, 2.05) is 51.1 Å². The average molecular weight is 426 g/mol. The zero-order chi connectivity index (χ0) is 21.8. The van der Waals surface area contributed by atoms with Gasteiger partial charge < -0.3 is 9.30 Å². The number of methoxy groups -OCH3 is 1. The SMILES string of the molecule is C=CCn1c(C)cc(C(=O)CSc2nc3ccccc3c(=O)n2[C@H](C)COC)c1C. The highest BCUT2D eigenvalue weighted by molar-refractivity contribution is 7.99. The van der Waals surface area contributed by atoms with Gasteiger partial charge in [-0.1, -0.05) is 30.0 Å². The summed E-state index contributed by atoms with van der Waals surface area (Å²) in [6, 6.07) is 8.98. The van der Waals surface area contributed by atoms with Gasteiger partial charge in [-0.3, -0.25) is 14.2 Å². The number of fused-ring (bicyclic) bond motifs is 1. The quantitative estimate of drug-likeness (QED) is 0.223. The van der Waals surface area contributed by atoms with Crippen LogP contribution in [0.5, 0.6) is 0 Å². The summed E-state index contributed by atoms with van der Waals surface area (Å²) in [5, 5.41) is 1.08. The molecule has 0 amide bonds. The molecule has 1 aromatic carbocycles. The van der Waals surface area contributed by atoms with Gasteiger partial charge in [-0.2, -0.15) is 0 Å². The molecular weight excluding hydrogens is 398 g/mol. The highest BCUT2D eigenvalue weighted by atomic mass is 32.2. The Morgan fingerprint density at radius 1 is 1.33 bits per heavy atom. The van der Waals surface area contributed by atoms with E-state index in [-0.39, 0.29) is 23.1 Å².